The van der Waals surface area contributed by atoms with E-state index in [-0.39, 0.29) is 11.0 Å². The molecule has 0 fully saturated rings. The molecule has 5 rings (SSSR count). The maximum atomic E-state index is 12.9. The van der Waals surface area contributed by atoms with Crippen molar-refractivity contribution in [1.82, 2.24) is 10.3 Å². The molecule has 0 saturated heterocycles. The number of anilines is 1. The highest BCUT2D eigenvalue weighted by Gasteiger charge is 2.19. The minimum atomic E-state index is -0.386. The van der Waals surface area contributed by atoms with Gasteiger partial charge < -0.3 is 9.73 Å². The molecular weight excluding hydrogens is 521 g/mol. The van der Waals surface area contributed by atoms with Gasteiger partial charge in [-0.05, 0) is 80.0 Å². The Bertz CT molecular complexity index is 1660. The van der Waals surface area contributed by atoms with Crippen molar-refractivity contribution in [3.63, 3.8) is 0 Å². The monoisotopic (exact) mass is 539 g/mol. The number of aryl methyl sites for hydroxylation is 3. The summed E-state index contributed by atoms with van der Waals surface area (Å²) < 4.78 is 6.88. The molecule has 2 N–H and O–H groups in total. The Balaban J connectivity index is 1.37. The highest BCUT2D eigenvalue weighted by Crippen LogP contribution is 2.36. The molecule has 0 aliphatic rings. The third kappa shape index (κ3) is 4.65. The summed E-state index contributed by atoms with van der Waals surface area (Å²) in [6.45, 7) is 5.98. The van der Waals surface area contributed by atoms with Crippen molar-refractivity contribution < 1.29 is 9.21 Å². The number of nitrogens with zero attached hydrogens (tertiary/aromatic N) is 1. The first kappa shape index (κ1) is 23.8. The summed E-state index contributed by atoms with van der Waals surface area (Å²) in [6, 6.07) is 15.2. The van der Waals surface area contributed by atoms with Crippen molar-refractivity contribution in [2.75, 3.05) is 5.32 Å². The summed E-state index contributed by atoms with van der Waals surface area (Å²) in [4.78, 5) is 17.9. The number of benzene rings is 3. The zero-order chi connectivity index (χ0) is 24.9. The average Bonchev–Trinajstić information content (AvgIpc) is 3.36. The lowest BCUT2D eigenvalue weighted by Crippen LogP contribution is -2.34. The number of hydrogen-bond donors (Lipinski definition) is 2. The second-order valence-corrected chi connectivity index (χ2v) is 10.5. The van der Waals surface area contributed by atoms with E-state index in [9.17, 15) is 4.79 Å². The van der Waals surface area contributed by atoms with Gasteiger partial charge >= 0.3 is 0 Å². The lowest BCUT2D eigenvalue weighted by atomic mass is 10.1. The first-order chi connectivity index (χ1) is 16.7. The number of fused-ring (bicyclic) bond motifs is 2. The fraction of sp³-hybridized carbons (Fsp3) is 0.115. The van der Waals surface area contributed by atoms with Crippen LogP contribution in [0.2, 0.25) is 10.0 Å². The van der Waals surface area contributed by atoms with Gasteiger partial charge in [0, 0.05) is 26.4 Å². The normalized spacial score (nSPS) is 11.2. The molecule has 0 saturated carbocycles. The van der Waals surface area contributed by atoms with Gasteiger partial charge in [0.2, 0.25) is 5.89 Å². The molecule has 0 unspecified atom stereocenters. The molecule has 5 aromatic rings. The van der Waals surface area contributed by atoms with Gasteiger partial charge in [0.15, 0.2) is 10.7 Å². The molecule has 5 nitrogen and oxygen atoms in total. The fourth-order valence-electron chi connectivity index (χ4n) is 3.89. The van der Waals surface area contributed by atoms with E-state index < -0.39 is 0 Å². The Morgan fingerprint density at radius 2 is 1.83 bits per heavy atom. The lowest BCUT2D eigenvalue weighted by molar-refractivity contribution is 0.0982. The van der Waals surface area contributed by atoms with Crippen molar-refractivity contribution in [1.29, 1.82) is 0 Å². The number of oxazole rings is 1. The summed E-state index contributed by atoms with van der Waals surface area (Å²) in [5.41, 5.74) is 6.23. The smallest absolute Gasteiger partial charge is 0.269 e. The zero-order valence-corrected chi connectivity index (χ0v) is 22.1. The molecule has 0 aliphatic heterocycles. The predicted molar refractivity (Wildman–Crippen MR) is 149 cm³/mol. The van der Waals surface area contributed by atoms with E-state index in [4.69, 9.17) is 39.8 Å². The molecular formula is C26H19Cl2N3O2S2. The van der Waals surface area contributed by atoms with E-state index in [0.29, 0.717) is 20.8 Å². The van der Waals surface area contributed by atoms with Crippen molar-refractivity contribution in [3.05, 3.63) is 80.1 Å². The van der Waals surface area contributed by atoms with Crippen LogP contribution in [0.4, 0.5) is 5.69 Å². The summed E-state index contributed by atoms with van der Waals surface area (Å²) in [7, 11) is 0. The molecule has 2 heterocycles. The maximum absolute atomic E-state index is 12.9. The van der Waals surface area contributed by atoms with Gasteiger partial charge in [0.25, 0.3) is 5.91 Å². The highest BCUT2D eigenvalue weighted by molar-refractivity contribution is 7.80. The Morgan fingerprint density at radius 1 is 1.03 bits per heavy atom. The van der Waals surface area contributed by atoms with E-state index in [0.717, 1.165) is 49.1 Å². The van der Waals surface area contributed by atoms with E-state index >= 15 is 0 Å². The number of rotatable bonds is 3. The summed E-state index contributed by atoms with van der Waals surface area (Å²) in [5.74, 6) is 0.130. The van der Waals surface area contributed by atoms with E-state index in [1.807, 2.05) is 45.0 Å². The highest BCUT2D eigenvalue weighted by atomic mass is 35.5. The molecule has 0 aliphatic carbocycles. The van der Waals surface area contributed by atoms with Crippen molar-refractivity contribution >= 4 is 84.6 Å². The van der Waals surface area contributed by atoms with Gasteiger partial charge in [-0.2, -0.15) is 0 Å². The Hall–Kier alpha value is -2.97. The number of halogens is 2. The van der Waals surface area contributed by atoms with Crippen molar-refractivity contribution in [2.45, 2.75) is 20.8 Å². The zero-order valence-electron chi connectivity index (χ0n) is 19.0. The third-order valence-corrected chi connectivity index (χ3v) is 7.67. The Labute approximate surface area is 221 Å². The van der Waals surface area contributed by atoms with Gasteiger partial charge in [-0.25, -0.2) is 4.98 Å². The van der Waals surface area contributed by atoms with Crippen molar-refractivity contribution in [3.8, 4) is 11.5 Å². The van der Waals surface area contributed by atoms with Crippen LogP contribution in [0.25, 0.3) is 32.6 Å². The van der Waals surface area contributed by atoms with Crippen LogP contribution in [0, 0.1) is 20.8 Å². The molecule has 1 amide bonds. The van der Waals surface area contributed by atoms with Gasteiger partial charge in [0.1, 0.15) is 10.4 Å². The van der Waals surface area contributed by atoms with Gasteiger partial charge in [-0.1, -0.05) is 41.4 Å². The Morgan fingerprint density at radius 3 is 2.63 bits per heavy atom. The molecule has 3 aromatic carbocycles. The molecule has 0 spiro atoms. The minimum absolute atomic E-state index is 0.158. The van der Waals surface area contributed by atoms with Crippen LogP contribution in [-0.4, -0.2) is 16.0 Å². The topological polar surface area (TPSA) is 67.2 Å². The quantitative estimate of drug-likeness (QED) is 0.227. The first-order valence-corrected chi connectivity index (χ1v) is 12.7. The molecule has 0 bridgehead atoms. The van der Waals surface area contributed by atoms with E-state index in [1.165, 1.54) is 11.3 Å². The maximum Gasteiger partial charge on any atom is 0.269 e. The first-order valence-electron chi connectivity index (χ1n) is 10.7. The fourth-order valence-corrected chi connectivity index (χ4v) is 5.78. The second-order valence-electron chi connectivity index (χ2n) is 8.27. The summed E-state index contributed by atoms with van der Waals surface area (Å²) in [6.07, 6.45) is 0. The number of aromatic nitrogens is 1. The van der Waals surface area contributed by atoms with Crippen LogP contribution in [0.5, 0.6) is 0 Å². The van der Waals surface area contributed by atoms with E-state index in [1.54, 1.807) is 18.2 Å². The Kier molecular flexibility index (Phi) is 6.27. The predicted octanol–water partition coefficient (Wildman–Crippen LogP) is 8.07. The van der Waals surface area contributed by atoms with Gasteiger partial charge in [0.05, 0.1) is 5.02 Å². The lowest BCUT2D eigenvalue weighted by Gasteiger charge is -2.12. The number of carbonyl (C=O) groups is 1. The van der Waals surface area contributed by atoms with Crippen LogP contribution in [0.1, 0.15) is 26.4 Å². The number of carbonyl (C=O) groups excluding carboxylic acids is 1. The van der Waals surface area contributed by atoms with E-state index in [2.05, 4.69) is 21.7 Å². The van der Waals surface area contributed by atoms with Crippen LogP contribution in [-0.2, 0) is 0 Å². The largest absolute Gasteiger partial charge is 0.436 e. The SMILES string of the molecule is Cc1cc(C)c2oc(-c3ccc(C)c(NC(=S)NC(=O)c4sc5cc(Cl)ccc5c4Cl)c3)nc2c1. The minimum Gasteiger partial charge on any atom is -0.436 e. The third-order valence-electron chi connectivity index (χ3n) is 5.58. The van der Waals surface area contributed by atoms with Gasteiger partial charge in [-0.15, -0.1) is 11.3 Å². The van der Waals surface area contributed by atoms with Crippen LogP contribution in [0.3, 0.4) is 0 Å². The van der Waals surface area contributed by atoms with Crippen LogP contribution < -0.4 is 10.6 Å². The number of hydrogen-bond acceptors (Lipinski definition) is 5. The van der Waals surface area contributed by atoms with Crippen LogP contribution >= 0.6 is 46.8 Å². The van der Waals surface area contributed by atoms with Crippen molar-refractivity contribution in [2.24, 2.45) is 0 Å². The second kappa shape index (κ2) is 9.24. The van der Waals surface area contributed by atoms with Crippen LogP contribution in [0.15, 0.2) is 52.9 Å². The number of thiophene rings is 1. The molecule has 2 aromatic heterocycles. The number of thiocarbonyl (C=S) groups is 1. The molecule has 35 heavy (non-hydrogen) atoms. The molecule has 0 radical (unpaired) electrons. The molecule has 0 atom stereocenters. The summed E-state index contributed by atoms with van der Waals surface area (Å²) >= 11 is 19.2. The molecule has 9 heteroatoms. The number of amides is 1. The van der Waals surface area contributed by atoms with Gasteiger partial charge in [-0.3, -0.25) is 10.1 Å². The summed E-state index contributed by atoms with van der Waals surface area (Å²) in [5, 5.41) is 7.72. The average molecular weight is 540 g/mol. The molecule has 176 valence electrons. The number of nitrogens with one attached hydrogen (secondary N) is 2. The standard InChI is InChI=1S/C26H19Cl2N3O2S2/c1-12-8-14(3)22-19(9-12)29-25(33-22)15-5-4-13(2)18(10-15)30-26(34)31-24(32)23-21(28)17-7-6-16(27)11-20(17)35-23/h4-11H,1-3H3,(H2,30,31,32,34).